The Morgan fingerprint density at radius 1 is 1.25 bits per heavy atom. The smallest absolute Gasteiger partial charge is 0.0441 e. The van der Waals surface area contributed by atoms with Crippen molar-refractivity contribution >= 4 is 0 Å². The molecule has 2 saturated carbocycles. The SMILES string of the molecule is CC(C)c1cc(CN2CCC3(CC3)C2)cc(C2CC2)n1. The zero-order valence-electron chi connectivity index (χ0n) is 12.9. The third-order valence-electron chi connectivity index (χ3n) is 5.39. The van der Waals surface area contributed by atoms with E-state index in [2.05, 4.69) is 30.9 Å². The summed E-state index contributed by atoms with van der Waals surface area (Å²) in [6.07, 6.45) is 7.08. The topological polar surface area (TPSA) is 16.1 Å². The molecule has 1 aliphatic heterocycles. The van der Waals surface area contributed by atoms with Gasteiger partial charge in [-0.1, -0.05) is 13.8 Å². The minimum Gasteiger partial charge on any atom is -0.299 e. The van der Waals surface area contributed by atoms with Crippen molar-refractivity contribution in [3.8, 4) is 0 Å². The van der Waals surface area contributed by atoms with Crippen molar-refractivity contribution in [3.63, 3.8) is 0 Å². The molecule has 0 unspecified atom stereocenters. The van der Waals surface area contributed by atoms with E-state index in [4.69, 9.17) is 4.98 Å². The highest BCUT2D eigenvalue weighted by Crippen LogP contribution is 2.52. The quantitative estimate of drug-likeness (QED) is 0.820. The second kappa shape index (κ2) is 4.56. The van der Waals surface area contributed by atoms with Gasteiger partial charge in [-0.05, 0) is 67.7 Å². The first-order chi connectivity index (χ1) is 9.63. The molecule has 0 bridgehead atoms. The third kappa shape index (κ3) is 2.50. The fourth-order valence-corrected chi connectivity index (χ4v) is 3.62. The number of hydrogen-bond acceptors (Lipinski definition) is 2. The molecule has 0 radical (unpaired) electrons. The standard InChI is InChI=1S/C18H26N2/c1-13(2)16-9-14(10-17(19-16)15-3-4-15)11-20-8-7-18(12-20)5-6-18/h9-10,13,15H,3-8,11-12H2,1-2H3. The Labute approximate surface area is 122 Å². The molecule has 0 aromatic carbocycles. The first kappa shape index (κ1) is 12.8. The molecule has 1 aromatic heterocycles. The molecule has 4 rings (SSSR count). The normalized spacial score (nSPS) is 24.8. The van der Waals surface area contributed by atoms with Gasteiger partial charge in [0.1, 0.15) is 0 Å². The molecule has 20 heavy (non-hydrogen) atoms. The minimum absolute atomic E-state index is 0.542. The average Bonchev–Trinajstić information content (AvgIpc) is 3.30. The summed E-state index contributed by atoms with van der Waals surface area (Å²) in [6, 6.07) is 4.75. The van der Waals surface area contributed by atoms with E-state index in [9.17, 15) is 0 Å². The molecule has 2 nitrogen and oxygen atoms in total. The fraction of sp³-hybridized carbons (Fsp3) is 0.722. The number of pyridine rings is 1. The molecular formula is C18H26N2. The lowest BCUT2D eigenvalue weighted by molar-refractivity contribution is 0.312. The molecule has 1 aromatic rings. The maximum Gasteiger partial charge on any atom is 0.0441 e. The van der Waals surface area contributed by atoms with Crippen molar-refractivity contribution in [3.05, 3.63) is 29.1 Å². The molecule has 0 amide bonds. The molecule has 2 heteroatoms. The molecule has 108 valence electrons. The van der Waals surface area contributed by atoms with Gasteiger partial charge in [-0.25, -0.2) is 0 Å². The predicted octanol–water partition coefficient (Wildman–Crippen LogP) is 4.07. The summed E-state index contributed by atoms with van der Waals surface area (Å²) in [5.41, 5.74) is 4.91. The summed E-state index contributed by atoms with van der Waals surface area (Å²) >= 11 is 0. The van der Waals surface area contributed by atoms with Gasteiger partial charge < -0.3 is 0 Å². The lowest BCUT2D eigenvalue weighted by Crippen LogP contribution is -2.20. The minimum atomic E-state index is 0.542. The van der Waals surface area contributed by atoms with Crippen LogP contribution in [0.25, 0.3) is 0 Å². The van der Waals surface area contributed by atoms with Crippen LogP contribution in [0.3, 0.4) is 0 Å². The van der Waals surface area contributed by atoms with Crippen LogP contribution in [0.5, 0.6) is 0 Å². The Bertz CT molecular complexity index is 492. The largest absolute Gasteiger partial charge is 0.299 e. The van der Waals surface area contributed by atoms with E-state index in [0.29, 0.717) is 5.92 Å². The monoisotopic (exact) mass is 270 g/mol. The lowest BCUT2D eigenvalue weighted by Gasteiger charge is -2.18. The summed E-state index contributed by atoms with van der Waals surface area (Å²) in [5, 5.41) is 0. The van der Waals surface area contributed by atoms with Crippen LogP contribution in [0, 0.1) is 5.41 Å². The number of aromatic nitrogens is 1. The van der Waals surface area contributed by atoms with E-state index in [-0.39, 0.29) is 0 Å². The van der Waals surface area contributed by atoms with Crippen molar-refractivity contribution in [2.45, 2.75) is 64.3 Å². The average molecular weight is 270 g/mol. The Balaban J connectivity index is 1.53. The lowest BCUT2D eigenvalue weighted by atomic mass is 10.0. The van der Waals surface area contributed by atoms with Crippen molar-refractivity contribution in [2.75, 3.05) is 13.1 Å². The van der Waals surface area contributed by atoms with Crippen LogP contribution in [0.15, 0.2) is 12.1 Å². The zero-order valence-corrected chi connectivity index (χ0v) is 12.9. The van der Waals surface area contributed by atoms with Crippen LogP contribution < -0.4 is 0 Å². The third-order valence-corrected chi connectivity index (χ3v) is 5.39. The summed E-state index contributed by atoms with van der Waals surface area (Å²) in [6.45, 7) is 8.31. The number of likely N-dealkylation sites (tertiary alicyclic amines) is 1. The molecule has 2 aliphatic carbocycles. The van der Waals surface area contributed by atoms with E-state index in [1.54, 1.807) is 0 Å². The maximum absolute atomic E-state index is 4.89. The van der Waals surface area contributed by atoms with Crippen LogP contribution in [-0.4, -0.2) is 23.0 Å². The van der Waals surface area contributed by atoms with Gasteiger partial charge in [0.15, 0.2) is 0 Å². The summed E-state index contributed by atoms with van der Waals surface area (Å²) < 4.78 is 0. The summed E-state index contributed by atoms with van der Waals surface area (Å²) in [7, 11) is 0. The predicted molar refractivity (Wildman–Crippen MR) is 81.9 cm³/mol. The Kier molecular flexibility index (Phi) is 2.92. The van der Waals surface area contributed by atoms with Crippen LogP contribution in [0.4, 0.5) is 0 Å². The van der Waals surface area contributed by atoms with E-state index >= 15 is 0 Å². The van der Waals surface area contributed by atoms with Crippen LogP contribution in [0.2, 0.25) is 0 Å². The fourth-order valence-electron chi connectivity index (χ4n) is 3.62. The van der Waals surface area contributed by atoms with Crippen molar-refractivity contribution in [1.82, 2.24) is 9.88 Å². The van der Waals surface area contributed by atoms with Gasteiger partial charge in [0, 0.05) is 30.4 Å². The molecule has 1 spiro atoms. The van der Waals surface area contributed by atoms with Crippen LogP contribution in [0.1, 0.15) is 74.7 Å². The zero-order chi connectivity index (χ0) is 13.7. The molecule has 0 N–H and O–H groups in total. The molecule has 3 fully saturated rings. The summed E-state index contributed by atoms with van der Waals surface area (Å²) in [4.78, 5) is 7.56. The van der Waals surface area contributed by atoms with Gasteiger partial charge in [-0.2, -0.15) is 0 Å². The highest BCUT2D eigenvalue weighted by molar-refractivity contribution is 5.27. The number of hydrogen-bond donors (Lipinski definition) is 0. The molecule has 3 aliphatic rings. The van der Waals surface area contributed by atoms with Gasteiger partial charge in [0.05, 0.1) is 0 Å². The van der Waals surface area contributed by atoms with Gasteiger partial charge in [0.2, 0.25) is 0 Å². The molecule has 0 atom stereocenters. The van der Waals surface area contributed by atoms with Crippen molar-refractivity contribution < 1.29 is 0 Å². The number of nitrogens with zero attached hydrogens (tertiary/aromatic N) is 2. The van der Waals surface area contributed by atoms with E-state index in [0.717, 1.165) is 17.9 Å². The Morgan fingerprint density at radius 3 is 2.65 bits per heavy atom. The van der Waals surface area contributed by atoms with E-state index < -0.39 is 0 Å². The van der Waals surface area contributed by atoms with E-state index in [1.807, 2.05) is 0 Å². The van der Waals surface area contributed by atoms with Gasteiger partial charge >= 0.3 is 0 Å². The Hall–Kier alpha value is -0.890. The van der Waals surface area contributed by atoms with Gasteiger partial charge in [-0.15, -0.1) is 0 Å². The molecule has 1 saturated heterocycles. The Morgan fingerprint density at radius 2 is 2.05 bits per heavy atom. The highest BCUT2D eigenvalue weighted by Gasteiger charge is 2.47. The van der Waals surface area contributed by atoms with Crippen molar-refractivity contribution in [2.24, 2.45) is 5.41 Å². The second-order valence-electron chi connectivity index (χ2n) is 7.71. The highest BCUT2D eigenvalue weighted by atomic mass is 15.2. The van der Waals surface area contributed by atoms with Crippen LogP contribution in [-0.2, 0) is 6.54 Å². The maximum atomic E-state index is 4.89. The van der Waals surface area contributed by atoms with Crippen molar-refractivity contribution in [1.29, 1.82) is 0 Å². The van der Waals surface area contributed by atoms with E-state index in [1.165, 1.54) is 62.1 Å². The number of rotatable bonds is 4. The molecular weight excluding hydrogens is 244 g/mol. The van der Waals surface area contributed by atoms with Gasteiger partial charge in [0.25, 0.3) is 0 Å². The van der Waals surface area contributed by atoms with Crippen LogP contribution >= 0.6 is 0 Å². The second-order valence-corrected chi connectivity index (χ2v) is 7.71. The van der Waals surface area contributed by atoms with Gasteiger partial charge in [-0.3, -0.25) is 9.88 Å². The summed E-state index contributed by atoms with van der Waals surface area (Å²) in [5.74, 6) is 1.31. The molecule has 2 heterocycles. The first-order valence-corrected chi connectivity index (χ1v) is 8.37. The first-order valence-electron chi connectivity index (χ1n) is 8.37.